The van der Waals surface area contributed by atoms with Crippen molar-refractivity contribution in [3.05, 3.63) is 11.8 Å². The second kappa shape index (κ2) is 13.4. The fourth-order valence-electron chi connectivity index (χ4n) is 11.7. The Labute approximate surface area is 290 Å². The Kier molecular flexibility index (Phi) is 9.54. The van der Waals surface area contributed by atoms with Crippen molar-refractivity contribution in [1.29, 1.82) is 0 Å². The van der Waals surface area contributed by atoms with E-state index in [2.05, 4.69) is 22.2 Å². The van der Waals surface area contributed by atoms with Crippen molar-refractivity contribution in [2.75, 3.05) is 27.2 Å². The van der Waals surface area contributed by atoms with E-state index < -0.39 is 29.0 Å². The van der Waals surface area contributed by atoms with Gasteiger partial charge in [0.05, 0.1) is 16.9 Å². The number of likely N-dealkylation sites (tertiary alicyclic amines) is 1. The Bertz CT molecular complexity index is 1310. The number of rotatable bonds is 9. The second-order valence-corrected chi connectivity index (χ2v) is 17.5. The molecule has 11 heteroatoms. The number of carbonyl (C=O) groups is 4. The molecule has 1 saturated heterocycles. The number of likely N-dealkylation sites (N-methyl/N-ethyl adjacent to an activating group) is 1. The van der Waals surface area contributed by atoms with Crippen LogP contribution in [0.5, 0.6) is 0 Å². The zero-order valence-electron chi connectivity index (χ0n) is 28.9. The number of halogens is 1. The number of β-amino-alcohol motifs (C(OH)–C–C–N with tert-alkyl or cyclic N) is 1. The minimum absolute atomic E-state index is 0.0274. The van der Waals surface area contributed by atoms with Crippen LogP contribution in [0, 0.1) is 34.5 Å². The highest BCUT2D eigenvalue weighted by Gasteiger charge is 2.64. The smallest absolute Gasteiger partial charge is 0.245 e. The van der Waals surface area contributed by atoms with E-state index in [4.69, 9.17) is 11.6 Å². The van der Waals surface area contributed by atoms with Gasteiger partial charge in [0.25, 0.3) is 0 Å². The van der Waals surface area contributed by atoms with Gasteiger partial charge in [0.2, 0.25) is 23.6 Å². The molecule has 4 N–H and O–H groups in total. The number of amides is 4. The molecule has 10 nitrogen and oxygen atoms in total. The van der Waals surface area contributed by atoms with Gasteiger partial charge in [-0.2, -0.15) is 0 Å². The van der Waals surface area contributed by atoms with Crippen LogP contribution >= 0.6 is 11.6 Å². The first-order chi connectivity index (χ1) is 23.0. The van der Waals surface area contributed by atoms with Crippen LogP contribution in [-0.4, -0.2) is 95.3 Å². The summed E-state index contributed by atoms with van der Waals surface area (Å²) in [6.45, 7) is 0.643. The maximum atomic E-state index is 14.6. The molecule has 0 radical (unpaired) electrons. The van der Waals surface area contributed by atoms with E-state index in [0.29, 0.717) is 43.2 Å². The summed E-state index contributed by atoms with van der Waals surface area (Å²) in [6, 6.07) is -1.26. The molecule has 0 spiro atoms. The second-order valence-electron chi connectivity index (χ2n) is 16.9. The summed E-state index contributed by atoms with van der Waals surface area (Å²) in [4.78, 5) is 59.7. The minimum Gasteiger partial charge on any atom is -0.391 e. The normalized spacial score (nSPS) is 40.4. The maximum Gasteiger partial charge on any atom is 0.245 e. The van der Waals surface area contributed by atoms with Gasteiger partial charge in [-0.3, -0.25) is 19.2 Å². The molecule has 8 unspecified atom stereocenters. The van der Waals surface area contributed by atoms with Crippen LogP contribution in [0.15, 0.2) is 11.8 Å². The zero-order chi connectivity index (χ0) is 33.8. The standard InChI is InChI=1S/C37H56ClN5O5/c1-39-34(47)36-14-22-11-23(15-36)17-37(16-22,21-36)35(48)43-20-26(44)13-31(43)32(45)41-30(12-25-18-40-29-10-6-4-8-27(25)29)33(46)42(2)19-24-7-3-5-9-28(24)38/h18,22-24,26-31,40,44H,3-17,19-21H2,1-2H3,(H,39,47)(H,41,45)/t22?,23?,24?,26-,27?,28?,29?,30?,31?,36?,37?/m1/s1. The molecule has 48 heavy (non-hydrogen) atoms. The first kappa shape index (κ1) is 34.1. The molecule has 7 fully saturated rings. The van der Waals surface area contributed by atoms with Crippen LogP contribution in [0.1, 0.15) is 103 Å². The Morgan fingerprint density at radius 2 is 1.71 bits per heavy atom. The fraction of sp³-hybridized carbons (Fsp3) is 0.838. The van der Waals surface area contributed by atoms with E-state index in [1.165, 1.54) is 12.0 Å². The Hall–Kier alpha value is -2.33. The van der Waals surface area contributed by atoms with E-state index in [-0.39, 0.29) is 47.9 Å². The Balaban J connectivity index is 1.10. The third-order valence-corrected chi connectivity index (χ3v) is 14.1. The van der Waals surface area contributed by atoms with E-state index in [9.17, 15) is 24.3 Å². The van der Waals surface area contributed by atoms with E-state index in [1.807, 2.05) is 7.05 Å². The van der Waals surface area contributed by atoms with Crippen molar-refractivity contribution in [3.63, 3.8) is 0 Å². The van der Waals surface area contributed by atoms with Gasteiger partial charge < -0.3 is 30.9 Å². The number of hydrogen-bond donors (Lipinski definition) is 4. The molecule has 0 aromatic carbocycles. The van der Waals surface area contributed by atoms with Crippen LogP contribution in [0.2, 0.25) is 0 Å². The van der Waals surface area contributed by atoms with Gasteiger partial charge in [-0.25, -0.2) is 0 Å². The van der Waals surface area contributed by atoms with Gasteiger partial charge in [0.1, 0.15) is 12.1 Å². The molecule has 0 aromatic heterocycles. The zero-order valence-corrected chi connectivity index (χ0v) is 29.6. The highest BCUT2D eigenvalue weighted by atomic mass is 35.5. The van der Waals surface area contributed by atoms with Crippen LogP contribution < -0.4 is 16.0 Å². The molecule has 0 aromatic rings. The van der Waals surface area contributed by atoms with E-state index in [0.717, 1.165) is 77.0 Å². The molecule has 2 heterocycles. The molecule has 4 bridgehead atoms. The lowest BCUT2D eigenvalue weighted by atomic mass is 9.43. The lowest BCUT2D eigenvalue weighted by Crippen LogP contribution is -2.63. The van der Waals surface area contributed by atoms with Gasteiger partial charge >= 0.3 is 0 Å². The Morgan fingerprint density at radius 1 is 1.02 bits per heavy atom. The van der Waals surface area contributed by atoms with Crippen molar-refractivity contribution < 1.29 is 24.3 Å². The monoisotopic (exact) mass is 685 g/mol. The SMILES string of the molecule is CNC(=O)C12CC3CC(C1)CC(C(=O)N1C[C@H](O)CC1C(=O)NC(CC1=CNC4CCCCC14)C(=O)N(C)CC1CCCCC1Cl)(C3)C2. The molecule has 8 rings (SSSR count). The van der Waals surface area contributed by atoms with Gasteiger partial charge in [0.15, 0.2) is 0 Å². The van der Waals surface area contributed by atoms with Crippen LogP contribution in [-0.2, 0) is 19.2 Å². The largest absolute Gasteiger partial charge is 0.391 e. The average molecular weight is 686 g/mol. The topological polar surface area (TPSA) is 131 Å². The lowest BCUT2D eigenvalue weighted by molar-refractivity contribution is -0.175. The highest BCUT2D eigenvalue weighted by Crippen LogP contribution is 2.66. The predicted octanol–water partition coefficient (Wildman–Crippen LogP) is 3.46. The maximum absolute atomic E-state index is 14.6. The summed E-state index contributed by atoms with van der Waals surface area (Å²) in [7, 11) is 3.49. The van der Waals surface area contributed by atoms with Crippen molar-refractivity contribution in [1.82, 2.24) is 25.8 Å². The molecule has 2 aliphatic heterocycles. The number of fused-ring (bicyclic) bond motifs is 1. The number of alkyl halides is 1. The van der Waals surface area contributed by atoms with Crippen LogP contribution in [0.3, 0.4) is 0 Å². The molecule has 6 aliphatic carbocycles. The number of carbonyl (C=O) groups excluding carboxylic acids is 4. The third kappa shape index (κ3) is 6.26. The molecule has 4 amide bonds. The molecule has 6 saturated carbocycles. The van der Waals surface area contributed by atoms with E-state index >= 15 is 0 Å². The number of hydrogen-bond acceptors (Lipinski definition) is 6. The number of nitrogens with zero attached hydrogens (tertiary/aromatic N) is 2. The Morgan fingerprint density at radius 3 is 2.44 bits per heavy atom. The van der Waals surface area contributed by atoms with Crippen LogP contribution in [0.25, 0.3) is 0 Å². The summed E-state index contributed by atoms with van der Waals surface area (Å²) in [6.07, 6.45) is 15.2. The van der Waals surface area contributed by atoms with Crippen LogP contribution in [0.4, 0.5) is 0 Å². The molecule has 266 valence electrons. The lowest BCUT2D eigenvalue weighted by Gasteiger charge is -2.61. The van der Waals surface area contributed by atoms with Crippen molar-refractivity contribution >= 4 is 35.2 Å². The first-order valence-electron chi connectivity index (χ1n) is 18.9. The van der Waals surface area contributed by atoms with Gasteiger partial charge in [0, 0.05) is 50.9 Å². The summed E-state index contributed by atoms with van der Waals surface area (Å²) in [5, 5.41) is 20.5. The first-order valence-corrected chi connectivity index (χ1v) is 19.3. The molecular formula is C37H56ClN5O5. The minimum atomic E-state index is -0.860. The molecule has 8 aliphatic rings. The number of aliphatic hydroxyl groups is 1. The highest BCUT2D eigenvalue weighted by molar-refractivity contribution is 6.20. The van der Waals surface area contributed by atoms with E-state index in [1.54, 1.807) is 16.8 Å². The average Bonchev–Trinajstić information content (AvgIpc) is 3.67. The summed E-state index contributed by atoms with van der Waals surface area (Å²) < 4.78 is 0. The van der Waals surface area contributed by atoms with Crippen molar-refractivity contribution in [2.45, 2.75) is 132 Å². The van der Waals surface area contributed by atoms with Crippen molar-refractivity contribution in [3.8, 4) is 0 Å². The van der Waals surface area contributed by atoms with Gasteiger partial charge in [-0.15, -0.1) is 11.6 Å². The number of nitrogens with one attached hydrogen (secondary N) is 3. The number of aliphatic hydroxyl groups excluding tert-OH is 1. The van der Waals surface area contributed by atoms with Gasteiger partial charge in [-0.05, 0) is 100 Å². The third-order valence-electron chi connectivity index (χ3n) is 13.5. The quantitative estimate of drug-likeness (QED) is 0.275. The fourth-order valence-corrected chi connectivity index (χ4v) is 12.1. The summed E-state index contributed by atoms with van der Waals surface area (Å²) >= 11 is 6.69. The predicted molar refractivity (Wildman–Crippen MR) is 182 cm³/mol. The van der Waals surface area contributed by atoms with Crippen molar-refractivity contribution in [2.24, 2.45) is 34.5 Å². The summed E-state index contributed by atoms with van der Waals surface area (Å²) in [5.41, 5.74) is -0.0528. The van der Waals surface area contributed by atoms with Gasteiger partial charge in [-0.1, -0.05) is 25.7 Å². The molecule has 9 atom stereocenters. The molecular weight excluding hydrogens is 630 g/mol. The summed E-state index contributed by atoms with van der Waals surface area (Å²) in [5.74, 6) is 0.630.